The van der Waals surface area contributed by atoms with Crippen molar-refractivity contribution in [3.05, 3.63) is 24.0 Å². The highest BCUT2D eigenvalue weighted by Gasteiger charge is 2.34. The molecule has 2 aromatic rings. The van der Waals surface area contributed by atoms with Crippen LogP contribution in [0.15, 0.2) is 18.2 Å². The second-order valence-corrected chi connectivity index (χ2v) is 8.08. The standard InChI is InChI=1S/C20H26N4O2/c25-19(10-12-8-13-3-4-14(9-12)21-13)22-15-5-6-16-17(11-15)24-20(23-16)18-2-1-7-26-18/h5-6,11-14,18,21H,1-4,7-10H2,(H,22,25)(H,23,24). The van der Waals surface area contributed by atoms with E-state index in [4.69, 9.17) is 4.74 Å². The van der Waals surface area contributed by atoms with Gasteiger partial charge in [-0.1, -0.05) is 0 Å². The van der Waals surface area contributed by atoms with Crippen LogP contribution in [0.4, 0.5) is 5.69 Å². The van der Waals surface area contributed by atoms with Gasteiger partial charge in [0, 0.05) is 30.8 Å². The summed E-state index contributed by atoms with van der Waals surface area (Å²) in [5, 5.41) is 6.71. The van der Waals surface area contributed by atoms with Crippen LogP contribution in [0.2, 0.25) is 0 Å². The number of carbonyl (C=O) groups is 1. The molecule has 3 fully saturated rings. The van der Waals surface area contributed by atoms with Crippen molar-refractivity contribution in [2.45, 2.75) is 63.1 Å². The number of aromatic nitrogens is 2. The zero-order chi connectivity index (χ0) is 17.5. The zero-order valence-electron chi connectivity index (χ0n) is 15.0. The van der Waals surface area contributed by atoms with Crippen LogP contribution in [0.5, 0.6) is 0 Å². The number of nitrogens with zero attached hydrogens (tertiary/aromatic N) is 1. The number of fused-ring (bicyclic) bond motifs is 3. The molecule has 5 rings (SSSR count). The molecule has 6 heteroatoms. The number of aromatic amines is 1. The van der Waals surface area contributed by atoms with Crippen LogP contribution in [-0.2, 0) is 9.53 Å². The molecule has 1 amide bonds. The molecule has 6 nitrogen and oxygen atoms in total. The smallest absolute Gasteiger partial charge is 0.224 e. The van der Waals surface area contributed by atoms with Gasteiger partial charge in [-0.3, -0.25) is 4.79 Å². The summed E-state index contributed by atoms with van der Waals surface area (Å²) in [6, 6.07) is 7.13. The molecule has 3 aliphatic heterocycles. The predicted molar refractivity (Wildman–Crippen MR) is 99.9 cm³/mol. The Morgan fingerprint density at radius 1 is 1.23 bits per heavy atom. The number of benzene rings is 1. The summed E-state index contributed by atoms with van der Waals surface area (Å²) in [5.74, 6) is 1.52. The minimum atomic E-state index is 0.0794. The lowest BCUT2D eigenvalue weighted by Gasteiger charge is -2.28. The van der Waals surface area contributed by atoms with Gasteiger partial charge in [0.15, 0.2) is 0 Å². The van der Waals surface area contributed by atoms with Gasteiger partial charge in [0.2, 0.25) is 5.91 Å². The van der Waals surface area contributed by atoms with E-state index in [9.17, 15) is 4.79 Å². The van der Waals surface area contributed by atoms with E-state index in [-0.39, 0.29) is 12.0 Å². The normalized spacial score (nSPS) is 30.8. The first kappa shape index (κ1) is 16.3. The fourth-order valence-corrected chi connectivity index (χ4v) is 4.87. The highest BCUT2D eigenvalue weighted by molar-refractivity contribution is 5.93. The number of amides is 1. The predicted octanol–water partition coefficient (Wildman–Crippen LogP) is 3.27. The van der Waals surface area contributed by atoms with E-state index in [1.165, 1.54) is 12.8 Å². The van der Waals surface area contributed by atoms with Gasteiger partial charge >= 0.3 is 0 Å². The van der Waals surface area contributed by atoms with E-state index in [2.05, 4.69) is 20.6 Å². The highest BCUT2D eigenvalue weighted by atomic mass is 16.5. The van der Waals surface area contributed by atoms with Crippen LogP contribution >= 0.6 is 0 Å². The van der Waals surface area contributed by atoms with Crippen molar-refractivity contribution in [2.75, 3.05) is 11.9 Å². The van der Waals surface area contributed by atoms with Gasteiger partial charge in [0.1, 0.15) is 11.9 Å². The molecule has 3 unspecified atom stereocenters. The van der Waals surface area contributed by atoms with Crippen molar-refractivity contribution in [3.8, 4) is 0 Å². The van der Waals surface area contributed by atoms with Gasteiger partial charge in [-0.05, 0) is 62.6 Å². The van der Waals surface area contributed by atoms with Crippen molar-refractivity contribution in [1.82, 2.24) is 15.3 Å². The maximum atomic E-state index is 12.5. The molecule has 0 spiro atoms. The van der Waals surface area contributed by atoms with Crippen molar-refractivity contribution < 1.29 is 9.53 Å². The number of anilines is 1. The molecule has 3 atom stereocenters. The molecular formula is C20H26N4O2. The summed E-state index contributed by atoms with van der Waals surface area (Å²) in [7, 11) is 0. The molecule has 138 valence electrons. The molecule has 0 aliphatic carbocycles. The number of nitrogens with one attached hydrogen (secondary N) is 3. The number of ether oxygens (including phenoxy) is 1. The lowest BCUT2D eigenvalue weighted by atomic mass is 9.89. The summed E-state index contributed by atoms with van der Waals surface area (Å²) in [5.41, 5.74) is 2.71. The average molecular weight is 354 g/mol. The van der Waals surface area contributed by atoms with E-state index < -0.39 is 0 Å². The van der Waals surface area contributed by atoms with E-state index in [0.29, 0.717) is 24.4 Å². The van der Waals surface area contributed by atoms with Gasteiger partial charge in [0.05, 0.1) is 11.0 Å². The summed E-state index contributed by atoms with van der Waals surface area (Å²) >= 11 is 0. The number of carbonyl (C=O) groups excluding carboxylic acids is 1. The topological polar surface area (TPSA) is 79.0 Å². The Hall–Kier alpha value is -1.92. The first-order chi connectivity index (χ1) is 12.7. The first-order valence-electron chi connectivity index (χ1n) is 9.90. The third kappa shape index (κ3) is 3.23. The molecule has 1 aromatic heterocycles. The molecule has 4 heterocycles. The van der Waals surface area contributed by atoms with E-state index in [1.807, 2.05) is 18.2 Å². The van der Waals surface area contributed by atoms with E-state index >= 15 is 0 Å². The van der Waals surface area contributed by atoms with Crippen LogP contribution in [0.25, 0.3) is 11.0 Å². The Labute approximate surface area is 153 Å². The minimum Gasteiger partial charge on any atom is -0.370 e. The van der Waals surface area contributed by atoms with Crippen molar-refractivity contribution in [3.63, 3.8) is 0 Å². The number of hydrogen-bond donors (Lipinski definition) is 3. The molecule has 0 radical (unpaired) electrons. The summed E-state index contributed by atoms with van der Waals surface area (Å²) in [6.07, 6.45) is 7.61. The second-order valence-electron chi connectivity index (χ2n) is 8.08. The van der Waals surface area contributed by atoms with Crippen LogP contribution in [0.1, 0.15) is 56.9 Å². The molecule has 26 heavy (non-hydrogen) atoms. The van der Waals surface area contributed by atoms with Crippen molar-refractivity contribution >= 4 is 22.6 Å². The summed E-state index contributed by atoms with van der Waals surface area (Å²) < 4.78 is 5.70. The number of imidazole rings is 1. The van der Waals surface area contributed by atoms with Gasteiger partial charge in [-0.15, -0.1) is 0 Å². The fourth-order valence-electron chi connectivity index (χ4n) is 4.87. The third-order valence-corrected chi connectivity index (χ3v) is 6.06. The SMILES string of the molecule is O=C(CC1CC2CCC(C1)N2)Nc1ccc2nc(C3CCCO3)[nH]c2c1. The Kier molecular flexibility index (Phi) is 4.17. The largest absolute Gasteiger partial charge is 0.370 e. The number of H-pyrrole nitrogens is 1. The maximum absolute atomic E-state index is 12.5. The number of hydrogen-bond acceptors (Lipinski definition) is 4. The lowest BCUT2D eigenvalue weighted by molar-refractivity contribution is -0.117. The highest BCUT2D eigenvalue weighted by Crippen LogP contribution is 2.33. The summed E-state index contributed by atoms with van der Waals surface area (Å²) in [6.45, 7) is 0.807. The van der Waals surface area contributed by atoms with Gasteiger partial charge < -0.3 is 20.4 Å². The Balaban J connectivity index is 1.24. The van der Waals surface area contributed by atoms with E-state index in [1.54, 1.807) is 0 Å². The molecule has 3 aliphatic rings. The van der Waals surface area contributed by atoms with Crippen LogP contribution in [0.3, 0.4) is 0 Å². The van der Waals surface area contributed by atoms with Crippen LogP contribution < -0.4 is 10.6 Å². The van der Waals surface area contributed by atoms with Gasteiger partial charge in [-0.25, -0.2) is 4.98 Å². The Bertz CT molecular complexity index is 799. The Morgan fingerprint density at radius 3 is 2.85 bits per heavy atom. The van der Waals surface area contributed by atoms with Gasteiger partial charge in [0.25, 0.3) is 0 Å². The zero-order valence-corrected chi connectivity index (χ0v) is 15.0. The monoisotopic (exact) mass is 354 g/mol. The van der Waals surface area contributed by atoms with Gasteiger partial charge in [-0.2, -0.15) is 0 Å². The molecular weight excluding hydrogens is 328 g/mol. The minimum absolute atomic E-state index is 0.0794. The van der Waals surface area contributed by atoms with Crippen molar-refractivity contribution in [2.24, 2.45) is 5.92 Å². The van der Waals surface area contributed by atoms with Crippen LogP contribution in [0, 0.1) is 5.92 Å². The molecule has 2 bridgehead atoms. The second kappa shape index (κ2) is 6.67. The fraction of sp³-hybridized carbons (Fsp3) is 0.600. The number of rotatable bonds is 4. The lowest BCUT2D eigenvalue weighted by Crippen LogP contribution is -2.39. The number of piperidine rings is 1. The quantitative estimate of drug-likeness (QED) is 0.787. The molecule has 0 saturated carbocycles. The average Bonchev–Trinajstić information content (AvgIpc) is 3.34. The molecule has 3 saturated heterocycles. The third-order valence-electron chi connectivity index (χ3n) is 6.06. The summed E-state index contributed by atoms with van der Waals surface area (Å²) in [4.78, 5) is 20.5. The van der Waals surface area contributed by atoms with E-state index in [0.717, 1.165) is 54.8 Å². The molecule has 1 aromatic carbocycles. The first-order valence-corrected chi connectivity index (χ1v) is 9.90. The van der Waals surface area contributed by atoms with Crippen LogP contribution in [-0.4, -0.2) is 34.6 Å². The Morgan fingerprint density at radius 2 is 2.08 bits per heavy atom. The maximum Gasteiger partial charge on any atom is 0.224 e. The molecule has 3 N–H and O–H groups in total. The van der Waals surface area contributed by atoms with Crippen molar-refractivity contribution in [1.29, 1.82) is 0 Å².